The maximum Gasteiger partial charge on any atom is 0.280 e. The Hall–Kier alpha value is -5.03. The average Bonchev–Trinajstić information content (AvgIpc) is 2.94. The molecule has 2 aromatic heterocycles. The van der Waals surface area contributed by atoms with Gasteiger partial charge in [-0.05, 0) is 41.5 Å². The molecule has 2 heterocycles. The molecule has 0 aliphatic rings. The van der Waals surface area contributed by atoms with E-state index < -0.39 is 23.0 Å². The fourth-order valence-electron chi connectivity index (χ4n) is 4.07. The molecule has 0 aliphatic carbocycles. The van der Waals surface area contributed by atoms with E-state index in [9.17, 15) is 18.4 Å². The zero-order valence-corrected chi connectivity index (χ0v) is 20.8. The second-order valence-electron chi connectivity index (χ2n) is 8.90. The molecular formula is C31H22F2N4O2. The smallest absolute Gasteiger partial charge is 0.280 e. The van der Waals surface area contributed by atoms with Gasteiger partial charge in [0.25, 0.3) is 5.56 Å². The third-order valence-corrected chi connectivity index (χ3v) is 6.06. The number of benzene rings is 3. The molecule has 3 aromatic carbocycles. The number of aromatic nitrogens is 4. The number of hydrogen-bond acceptors (Lipinski definition) is 5. The Balaban J connectivity index is 1.22. The third-order valence-electron chi connectivity index (χ3n) is 6.06. The number of halogens is 2. The first-order valence-corrected chi connectivity index (χ1v) is 12.3. The quantitative estimate of drug-likeness (QED) is 0.220. The van der Waals surface area contributed by atoms with Gasteiger partial charge in [0, 0.05) is 48.8 Å². The topological polar surface area (TPSA) is 77.7 Å². The Morgan fingerprint density at radius 3 is 2.59 bits per heavy atom. The predicted molar refractivity (Wildman–Crippen MR) is 143 cm³/mol. The number of nitrogens with zero attached hydrogens (tertiary/aromatic N) is 4. The zero-order chi connectivity index (χ0) is 27.2. The molecule has 0 aliphatic heterocycles. The molecule has 5 rings (SSSR count). The Kier molecular flexibility index (Phi) is 7.60. The summed E-state index contributed by atoms with van der Waals surface area (Å²) in [5, 5.41) is 0.866. The lowest BCUT2D eigenvalue weighted by Gasteiger charge is -2.07. The van der Waals surface area contributed by atoms with Crippen LogP contribution >= 0.6 is 0 Å². The van der Waals surface area contributed by atoms with Gasteiger partial charge in [-0.15, -0.1) is 0 Å². The first-order valence-electron chi connectivity index (χ1n) is 12.3. The van der Waals surface area contributed by atoms with Gasteiger partial charge in [-0.25, -0.2) is 23.7 Å². The summed E-state index contributed by atoms with van der Waals surface area (Å²) >= 11 is 0. The molecule has 0 fully saturated rings. The van der Waals surface area contributed by atoms with Crippen molar-refractivity contribution in [1.82, 2.24) is 19.5 Å². The first-order chi connectivity index (χ1) is 19.0. The van der Waals surface area contributed by atoms with Crippen molar-refractivity contribution in [1.29, 1.82) is 0 Å². The normalized spacial score (nSPS) is 10.7. The van der Waals surface area contributed by atoms with E-state index in [-0.39, 0.29) is 25.1 Å². The SMILES string of the molecule is O=C(CCC#Cc1ccc2nc(Cc3ccccc3)ncc2c1)c1nccn(Cc2ccc(F)c(F)c2)c1=O. The minimum Gasteiger partial charge on any atom is -0.308 e. The predicted octanol–water partition coefficient (Wildman–Crippen LogP) is 5.12. The highest BCUT2D eigenvalue weighted by atomic mass is 19.2. The van der Waals surface area contributed by atoms with Crippen molar-refractivity contribution in [3.05, 3.63) is 136 Å². The Bertz CT molecular complexity index is 1790. The van der Waals surface area contributed by atoms with Crippen molar-refractivity contribution in [2.24, 2.45) is 0 Å². The van der Waals surface area contributed by atoms with Crippen LogP contribution < -0.4 is 5.56 Å². The molecule has 0 bridgehead atoms. The van der Waals surface area contributed by atoms with Crippen molar-refractivity contribution in [3.8, 4) is 11.8 Å². The van der Waals surface area contributed by atoms with Gasteiger partial charge in [-0.2, -0.15) is 0 Å². The van der Waals surface area contributed by atoms with E-state index >= 15 is 0 Å². The minimum atomic E-state index is -1.00. The number of rotatable bonds is 7. The van der Waals surface area contributed by atoms with E-state index in [0.29, 0.717) is 12.0 Å². The number of hydrogen-bond donors (Lipinski definition) is 0. The van der Waals surface area contributed by atoms with E-state index in [1.807, 2.05) is 48.5 Å². The van der Waals surface area contributed by atoms with Crippen LogP contribution in [0.4, 0.5) is 8.78 Å². The van der Waals surface area contributed by atoms with Crippen molar-refractivity contribution in [2.75, 3.05) is 0 Å². The fourth-order valence-corrected chi connectivity index (χ4v) is 4.07. The summed E-state index contributed by atoms with van der Waals surface area (Å²) in [6, 6.07) is 19.1. The van der Waals surface area contributed by atoms with Crippen molar-refractivity contribution in [2.45, 2.75) is 25.8 Å². The summed E-state index contributed by atoms with van der Waals surface area (Å²) in [6.45, 7) is -0.0158. The summed E-state index contributed by atoms with van der Waals surface area (Å²) in [4.78, 5) is 38.4. The number of fused-ring (bicyclic) bond motifs is 1. The molecule has 0 amide bonds. The van der Waals surface area contributed by atoms with Crippen LogP contribution in [0.1, 0.15) is 45.8 Å². The van der Waals surface area contributed by atoms with Gasteiger partial charge in [0.1, 0.15) is 5.82 Å². The van der Waals surface area contributed by atoms with E-state index in [2.05, 4.69) is 26.8 Å². The molecule has 0 saturated heterocycles. The van der Waals surface area contributed by atoms with Crippen LogP contribution in [0.3, 0.4) is 0 Å². The number of carbonyl (C=O) groups excluding carboxylic acids is 1. The molecule has 0 unspecified atom stereocenters. The van der Waals surface area contributed by atoms with Crippen molar-refractivity contribution >= 4 is 16.7 Å². The van der Waals surface area contributed by atoms with Crippen LogP contribution in [0.2, 0.25) is 0 Å². The summed E-state index contributed by atoms with van der Waals surface area (Å²) < 4.78 is 27.9. The van der Waals surface area contributed by atoms with Crippen LogP contribution in [0.5, 0.6) is 0 Å². The van der Waals surface area contributed by atoms with Crippen molar-refractivity contribution in [3.63, 3.8) is 0 Å². The largest absolute Gasteiger partial charge is 0.308 e. The maximum absolute atomic E-state index is 13.5. The number of Topliss-reactive ketones (excluding diaryl/α,β-unsaturated/α-hetero) is 1. The summed E-state index contributed by atoms with van der Waals surface area (Å²) in [6.07, 6.45) is 5.42. The molecule has 0 atom stereocenters. The third kappa shape index (κ3) is 6.28. The number of ketones is 1. The minimum absolute atomic E-state index is 0.0158. The Morgan fingerprint density at radius 2 is 1.77 bits per heavy atom. The summed E-state index contributed by atoms with van der Waals surface area (Å²) in [7, 11) is 0. The highest BCUT2D eigenvalue weighted by Gasteiger charge is 2.14. The molecule has 192 valence electrons. The van der Waals surface area contributed by atoms with Gasteiger partial charge in [0.05, 0.1) is 12.1 Å². The van der Waals surface area contributed by atoms with Gasteiger partial charge in [-0.3, -0.25) is 9.59 Å². The van der Waals surface area contributed by atoms with Crippen LogP contribution in [0.15, 0.2) is 90.1 Å². The van der Waals surface area contributed by atoms with E-state index in [4.69, 9.17) is 0 Å². The van der Waals surface area contributed by atoms with Gasteiger partial charge in [-0.1, -0.05) is 48.2 Å². The van der Waals surface area contributed by atoms with Crippen LogP contribution in [-0.4, -0.2) is 25.3 Å². The highest BCUT2D eigenvalue weighted by molar-refractivity contribution is 5.94. The maximum atomic E-state index is 13.5. The van der Waals surface area contributed by atoms with Crippen LogP contribution in [-0.2, 0) is 13.0 Å². The second kappa shape index (κ2) is 11.6. The molecule has 0 saturated carbocycles. The van der Waals surface area contributed by atoms with E-state index in [0.717, 1.165) is 40.0 Å². The lowest BCUT2D eigenvalue weighted by Crippen LogP contribution is -2.27. The average molecular weight is 521 g/mol. The standard InChI is InChI=1S/C31H22F2N4O2/c32-25-12-10-23(17-26(25)33)20-37-15-14-34-30(31(37)39)28(38)9-5-4-8-22-11-13-27-24(16-22)19-35-29(36-27)18-21-6-2-1-3-7-21/h1-3,6-7,10-17,19H,5,9,18,20H2. The Morgan fingerprint density at radius 1 is 0.923 bits per heavy atom. The van der Waals surface area contributed by atoms with Crippen LogP contribution in [0, 0.1) is 23.5 Å². The van der Waals surface area contributed by atoms with Gasteiger partial charge >= 0.3 is 0 Å². The van der Waals surface area contributed by atoms with Gasteiger partial charge in [0.15, 0.2) is 23.1 Å². The molecule has 5 aromatic rings. The van der Waals surface area contributed by atoms with E-state index in [1.54, 1.807) is 6.20 Å². The van der Waals surface area contributed by atoms with Gasteiger partial charge < -0.3 is 4.57 Å². The van der Waals surface area contributed by atoms with Crippen molar-refractivity contribution < 1.29 is 13.6 Å². The van der Waals surface area contributed by atoms with E-state index in [1.165, 1.54) is 23.0 Å². The highest BCUT2D eigenvalue weighted by Crippen LogP contribution is 2.15. The molecule has 6 nitrogen and oxygen atoms in total. The zero-order valence-electron chi connectivity index (χ0n) is 20.8. The molecule has 0 spiro atoms. The molecule has 0 radical (unpaired) electrons. The lowest BCUT2D eigenvalue weighted by molar-refractivity contribution is 0.0977. The molecule has 0 N–H and O–H groups in total. The fraction of sp³-hybridized carbons (Fsp3) is 0.129. The van der Waals surface area contributed by atoms with Gasteiger partial charge in [0.2, 0.25) is 0 Å². The Labute approximate surface area is 223 Å². The first kappa shape index (κ1) is 25.6. The monoisotopic (exact) mass is 520 g/mol. The number of carbonyl (C=O) groups is 1. The second-order valence-corrected chi connectivity index (χ2v) is 8.90. The molecule has 8 heteroatoms. The summed E-state index contributed by atoms with van der Waals surface area (Å²) in [5.41, 5.74) is 2.31. The van der Waals surface area contributed by atoms with Crippen LogP contribution in [0.25, 0.3) is 10.9 Å². The molecule has 39 heavy (non-hydrogen) atoms. The lowest BCUT2D eigenvalue weighted by atomic mass is 10.1. The molecular weight excluding hydrogens is 498 g/mol. The summed E-state index contributed by atoms with van der Waals surface area (Å²) in [5.74, 6) is 4.34.